The Labute approximate surface area is 191 Å². The van der Waals surface area contributed by atoms with E-state index < -0.39 is 27.7 Å². The van der Waals surface area contributed by atoms with Crippen LogP contribution in [0.15, 0.2) is 56.6 Å². The predicted molar refractivity (Wildman–Crippen MR) is 123 cm³/mol. The number of sulfonamides is 1. The SMILES string of the molecule is CCC[C@H](NS(=O)(=O)c1ccc(C)cc1)C(=O)Oc1cc2oc(=O)cc(CC)c2cc1Cl. The van der Waals surface area contributed by atoms with Gasteiger partial charge in [0.2, 0.25) is 10.0 Å². The fourth-order valence-corrected chi connectivity index (χ4v) is 4.69. The number of ether oxygens (including phenoxy) is 1. The summed E-state index contributed by atoms with van der Waals surface area (Å²) in [6.07, 6.45) is 1.36. The molecule has 1 N–H and O–H groups in total. The number of esters is 1. The zero-order valence-electron chi connectivity index (χ0n) is 18.0. The van der Waals surface area contributed by atoms with Crippen LogP contribution in [0.1, 0.15) is 37.8 Å². The molecule has 0 aliphatic carbocycles. The fourth-order valence-electron chi connectivity index (χ4n) is 3.26. The Balaban J connectivity index is 1.89. The number of rotatable bonds is 8. The Morgan fingerprint density at radius 1 is 1.16 bits per heavy atom. The number of hydrogen-bond acceptors (Lipinski definition) is 6. The van der Waals surface area contributed by atoms with E-state index in [0.29, 0.717) is 18.2 Å². The second kappa shape index (κ2) is 9.85. The minimum atomic E-state index is -3.94. The summed E-state index contributed by atoms with van der Waals surface area (Å²) in [6, 6.07) is 9.50. The number of carbonyl (C=O) groups excluding carboxylic acids is 1. The van der Waals surface area contributed by atoms with E-state index in [1.54, 1.807) is 18.2 Å². The van der Waals surface area contributed by atoms with Gasteiger partial charge in [-0.3, -0.25) is 0 Å². The molecule has 0 aliphatic rings. The molecule has 0 saturated heterocycles. The maximum Gasteiger partial charge on any atom is 0.336 e. The van der Waals surface area contributed by atoms with Crippen LogP contribution in [0, 0.1) is 6.92 Å². The first-order valence-corrected chi connectivity index (χ1v) is 12.1. The molecule has 0 aliphatic heterocycles. The average Bonchev–Trinajstić information content (AvgIpc) is 2.74. The highest BCUT2D eigenvalue weighted by molar-refractivity contribution is 7.89. The minimum absolute atomic E-state index is 0.0174. The lowest BCUT2D eigenvalue weighted by molar-refractivity contribution is -0.136. The molecule has 9 heteroatoms. The first-order chi connectivity index (χ1) is 15.1. The molecule has 3 aromatic rings. The van der Waals surface area contributed by atoms with Gasteiger partial charge in [0.1, 0.15) is 11.6 Å². The number of benzene rings is 2. The van der Waals surface area contributed by atoms with Crippen molar-refractivity contribution in [2.24, 2.45) is 0 Å². The van der Waals surface area contributed by atoms with Gasteiger partial charge in [-0.15, -0.1) is 0 Å². The van der Waals surface area contributed by atoms with E-state index in [2.05, 4.69) is 4.72 Å². The van der Waals surface area contributed by atoms with Crippen LogP contribution >= 0.6 is 11.6 Å². The van der Waals surface area contributed by atoms with E-state index in [9.17, 15) is 18.0 Å². The highest BCUT2D eigenvalue weighted by Crippen LogP contribution is 2.32. The summed E-state index contributed by atoms with van der Waals surface area (Å²) in [4.78, 5) is 24.7. The van der Waals surface area contributed by atoms with Crippen LogP contribution in [0.2, 0.25) is 5.02 Å². The molecule has 0 amide bonds. The van der Waals surface area contributed by atoms with Gasteiger partial charge in [-0.25, -0.2) is 18.0 Å². The zero-order valence-corrected chi connectivity index (χ0v) is 19.5. The van der Waals surface area contributed by atoms with Gasteiger partial charge in [0.15, 0.2) is 5.75 Å². The van der Waals surface area contributed by atoms with Crippen molar-refractivity contribution in [3.8, 4) is 5.75 Å². The molecular weight excluding hydrogens is 454 g/mol. The summed E-state index contributed by atoms with van der Waals surface area (Å²) in [5.41, 5.74) is 1.38. The Morgan fingerprint density at radius 3 is 2.47 bits per heavy atom. The summed E-state index contributed by atoms with van der Waals surface area (Å²) in [6.45, 7) is 5.57. The fraction of sp³-hybridized carbons (Fsp3) is 0.304. The van der Waals surface area contributed by atoms with E-state index in [1.165, 1.54) is 24.3 Å². The molecule has 0 fully saturated rings. The molecule has 1 atom stereocenters. The first kappa shape index (κ1) is 24.0. The number of hydrogen-bond donors (Lipinski definition) is 1. The molecule has 0 radical (unpaired) electrons. The van der Waals surface area contributed by atoms with Crippen molar-refractivity contribution in [2.75, 3.05) is 0 Å². The number of nitrogens with one attached hydrogen (secondary N) is 1. The molecule has 170 valence electrons. The van der Waals surface area contributed by atoms with Crippen LogP contribution in [0.4, 0.5) is 0 Å². The molecule has 3 rings (SSSR count). The molecule has 1 heterocycles. The van der Waals surface area contributed by atoms with Crippen LogP contribution in [0.3, 0.4) is 0 Å². The van der Waals surface area contributed by atoms with Crippen molar-refractivity contribution in [1.82, 2.24) is 4.72 Å². The molecule has 0 spiro atoms. The smallest absolute Gasteiger partial charge is 0.336 e. The highest BCUT2D eigenvalue weighted by atomic mass is 35.5. The second-order valence-electron chi connectivity index (χ2n) is 7.42. The van der Waals surface area contributed by atoms with Gasteiger partial charge in [0.05, 0.1) is 9.92 Å². The predicted octanol–water partition coefficient (Wildman–Crippen LogP) is 4.37. The van der Waals surface area contributed by atoms with Gasteiger partial charge < -0.3 is 9.15 Å². The van der Waals surface area contributed by atoms with Crippen LogP contribution in [-0.2, 0) is 21.2 Å². The monoisotopic (exact) mass is 477 g/mol. The summed E-state index contributed by atoms with van der Waals surface area (Å²) in [5, 5.41) is 0.785. The third-order valence-corrected chi connectivity index (χ3v) is 6.75. The molecule has 2 aromatic carbocycles. The molecule has 0 bridgehead atoms. The largest absolute Gasteiger partial charge is 0.424 e. The Kier molecular flexibility index (Phi) is 7.38. The molecule has 7 nitrogen and oxygen atoms in total. The first-order valence-electron chi connectivity index (χ1n) is 10.2. The van der Waals surface area contributed by atoms with E-state index in [0.717, 1.165) is 11.1 Å². The zero-order chi connectivity index (χ0) is 23.5. The Bertz CT molecular complexity index is 1300. The van der Waals surface area contributed by atoms with Gasteiger partial charge >= 0.3 is 11.6 Å². The number of carbonyl (C=O) groups is 1. The van der Waals surface area contributed by atoms with Crippen molar-refractivity contribution < 1.29 is 22.4 Å². The summed E-state index contributed by atoms with van der Waals surface area (Å²) in [7, 11) is -3.94. The molecular formula is C23H24ClNO6S. The van der Waals surface area contributed by atoms with Gasteiger partial charge in [0, 0.05) is 17.5 Å². The lowest BCUT2D eigenvalue weighted by Gasteiger charge is -2.18. The third-order valence-electron chi connectivity index (χ3n) is 4.96. The number of fused-ring (bicyclic) bond motifs is 1. The minimum Gasteiger partial charge on any atom is -0.424 e. The molecule has 0 unspecified atom stereocenters. The van der Waals surface area contributed by atoms with Crippen LogP contribution < -0.4 is 15.1 Å². The molecule has 32 heavy (non-hydrogen) atoms. The average molecular weight is 478 g/mol. The van der Waals surface area contributed by atoms with E-state index >= 15 is 0 Å². The van der Waals surface area contributed by atoms with Gasteiger partial charge in [-0.1, -0.05) is 49.6 Å². The van der Waals surface area contributed by atoms with Crippen molar-refractivity contribution >= 4 is 38.6 Å². The van der Waals surface area contributed by atoms with E-state index in [-0.39, 0.29) is 27.7 Å². The van der Waals surface area contributed by atoms with Crippen LogP contribution in [-0.4, -0.2) is 20.4 Å². The maximum absolute atomic E-state index is 12.8. The van der Waals surface area contributed by atoms with Crippen molar-refractivity contribution in [2.45, 2.75) is 51.0 Å². The Morgan fingerprint density at radius 2 is 1.84 bits per heavy atom. The normalized spacial score (nSPS) is 12.6. The number of aryl methyl sites for hydroxylation is 2. The van der Waals surface area contributed by atoms with Crippen LogP contribution in [0.25, 0.3) is 11.0 Å². The molecule has 0 saturated carbocycles. The third kappa shape index (κ3) is 5.38. The lowest BCUT2D eigenvalue weighted by Crippen LogP contribution is -2.42. The van der Waals surface area contributed by atoms with Gasteiger partial charge in [0.25, 0.3) is 0 Å². The summed E-state index contributed by atoms with van der Waals surface area (Å²) in [5.74, 6) is -0.825. The summed E-state index contributed by atoms with van der Waals surface area (Å²) < 4.78 is 38.5. The standard InChI is InChI=1S/C23H24ClNO6S/c1-4-6-19(25-32(28,29)16-9-7-14(3)8-10-16)23(27)31-21-13-20-17(12-18(21)24)15(5-2)11-22(26)30-20/h7-13,19,25H,4-6H2,1-3H3/t19-/m0/s1. The topological polar surface area (TPSA) is 103 Å². The van der Waals surface area contributed by atoms with Crippen molar-refractivity contribution in [3.63, 3.8) is 0 Å². The van der Waals surface area contributed by atoms with Crippen molar-refractivity contribution in [3.05, 3.63) is 69.0 Å². The summed E-state index contributed by atoms with van der Waals surface area (Å²) >= 11 is 6.31. The number of halogens is 1. The van der Waals surface area contributed by atoms with E-state index in [1.807, 2.05) is 20.8 Å². The lowest BCUT2D eigenvalue weighted by atomic mass is 10.1. The van der Waals surface area contributed by atoms with Crippen LogP contribution in [0.5, 0.6) is 5.75 Å². The quantitative estimate of drug-likeness (QED) is 0.293. The maximum atomic E-state index is 12.8. The molecule has 1 aromatic heterocycles. The van der Waals surface area contributed by atoms with Crippen molar-refractivity contribution in [1.29, 1.82) is 0 Å². The van der Waals surface area contributed by atoms with Gasteiger partial charge in [-0.2, -0.15) is 4.72 Å². The highest BCUT2D eigenvalue weighted by Gasteiger charge is 2.27. The Hall–Kier alpha value is -2.68. The second-order valence-corrected chi connectivity index (χ2v) is 9.54. The van der Waals surface area contributed by atoms with Gasteiger partial charge in [-0.05, 0) is 43.5 Å². The van der Waals surface area contributed by atoms with E-state index in [4.69, 9.17) is 20.8 Å².